The number of nitrogens with one attached hydrogen (secondary N) is 2. The van der Waals surface area contributed by atoms with Crippen molar-refractivity contribution in [1.82, 2.24) is 25.1 Å². The third-order valence-electron chi connectivity index (χ3n) is 3.78. The summed E-state index contributed by atoms with van der Waals surface area (Å²) in [6.45, 7) is 7.41. The van der Waals surface area contributed by atoms with Crippen molar-refractivity contribution in [3.63, 3.8) is 0 Å². The van der Waals surface area contributed by atoms with E-state index >= 15 is 0 Å². The zero-order chi connectivity index (χ0) is 15.7. The van der Waals surface area contributed by atoms with E-state index in [1.807, 2.05) is 12.3 Å². The van der Waals surface area contributed by atoms with E-state index in [2.05, 4.69) is 39.3 Å². The van der Waals surface area contributed by atoms with Crippen LogP contribution in [-0.4, -0.2) is 44.2 Å². The number of hydrogen-bond donors (Lipinski definition) is 2. The van der Waals surface area contributed by atoms with Gasteiger partial charge in [0, 0.05) is 24.4 Å². The Morgan fingerprint density at radius 2 is 2.32 bits per heavy atom. The highest BCUT2D eigenvalue weighted by molar-refractivity contribution is 7.13. The fourth-order valence-electron chi connectivity index (χ4n) is 2.48. The summed E-state index contributed by atoms with van der Waals surface area (Å²) in [6.07, 6.45) is 0.889. The fraction of sp³-hybridized carbons (Fsp3) is 0.571. The number of thiazole rings is 1. The minimum absolute atomic E-state index is 0.0978. The lowest BCUT2D eigenvalue weighted by Gasteiger charge is -2.15. The van der Waals surface area contributed by atoms with Crippen LogP contribution in [0.2, 0.25) is 0 Å². The minimum atomic E-state index is -0.0978. The molecule has 2 aromatic rings. The Kier molecular flexibility index (Phi) is 4.10. The van der Waals surface area contributed by atoms with Gasteiger partial charge in [0.1, 0.15) is 5.82 Å². The Labute approximate surface area is 133 Å². The maximum atomic E-state index is 12.3. The maximum Gasteiger partial charge on any atom is 0.323 e. The number of aromatic nitrogens is 4. The quantitative estimate of drug-likeness (QED) is 0.910. The van der Waals surface area contributed by atoms with Crippen molar-refractivity contribution >= 4 is 22.5 Å². The summed E-state index contributed by atoms with van der Waals surface area (Å²) in [5.74, 6) is 2.18. The topological polar surface area (TPSA) is 86.8 Å². The average Bonchev–Trinajstić information content (AvgIpc) is 3.16. The molecular weight excluding hydrogens is 300 g/mol. The van der Waals surface area contributed by atoms with Crippen LogP contribution in [0.5, 0.6) is 0 Å². The number of aryl methyl sites for hydroxylation is 1. The monoisotopic (exact) mass is 320 g/mol. The molecule has 0 bridgehead atoms. The van der Waals surface area contributed by atoms with Crippen LogP contribution in [-0.2, 0) is 0 Å². The van der Waals surface area contributed by atoms with Crippen LogP contribution >= 0.6 is 11.3 Å². The smallest absolute Gasteiger partial charge is 0.323 e. The number of urea groups is 1. The van der Waals surface area contributed by atoms with E-state index < -0.39 is 0 Å². The predicted octanol–water partition coefficient (Wildman–Crippen LogP) is 2.71. The van der Waals surface area contributed by atoms with Gasteiger partial charge in [-0.15, -0.1) is 11.3 Å². The number of carbonyl (C=O) groups is 1. The second-order valence-electron chi connectivity index (χ2n) is 5.87. The number of aromatic amines is 1. The first-order valence-electron chi connectivity index (χ1n) is 7.43. The van der Waals surface area contributed by atoms with E-state index in [9.17, 15) is 4.79 Å². The number of nitrogens with zero attached hydrogens (tertiary/aromatic N) is 4. The van der Waals surface area contributed by atoms with Crippen LogP contribution in [0.3, 0.4) is 0 Å². The Hall–Kier alpha value is -1.96. The van der Waals surface area contributed by atoms with Gasteiger partial charge in [-0.3, -0.25) is 10.4 Å². The molecule has 2 amide bonds. The van der Waals surface area contributed by atoms with Gasteiger partial charge in [0.25, 0.3) is 0 Å². The minimum Gasteiger partial charge on any atom is -0.324 e. The van der Waals surface area contributed by atoms with Crippen molar-refractivity contribution in [2.24, 2.45) is 0 Å². The van der Waals surface area contributed by atoms with E-state index in [1.54, 1.807) is 4.90 Å². The molecule has 8 heteroatoms. The number of carbonyl (C=O) groups excluding carboxylic acids is 1. The molecule has 1 aliphatic heterocycles. The van der Waals surface area contributed by atoms with E-state index in [1.165, 1.54) is 11.3 Å². The number of hydrogen-bond acceptors (Lipinski definition) is 5. The predicted molar refractivity (Wildman–Crippen MR) is 85.3 cm³/mol. The molecule has 1 fully saturated rings. The standard InChI is InChI=1S/C14H20N6OS/c1-8(2)11-7-22-13(16-11)17-14(21)20-5-4-10(6-20)12-15-9(3)18-19-12/h7-8,10H,4-6H2,1-3H3,(H,15,18,19)(H,16,17,21)/t10-/m1/s1. The molecule has 1 atom stereocenters. The van der Waals surface area contributed by atoms with Crippen molar-refractivity contribution in [2.75, 3.05) is 18.4 Å². The van der Waals surface area contributed by atoms with Crippen molar-refractivity contribution in [3.05, 3.63) is 22.7 Å². The normalized spacial score (nSPS) is 18.2. The Morgan fingerprint density at radius 1 is 1.50 bits per heavy atom. The molecule has 3 rings (SSSR count). The van der Waals surface area contributed by atoms with Crippen molar-refractivity contribution in [2.45, 2.75) is 39.0 Å². The summed E-state index contributed by atoms with van der Waals surface area (Å²) >= 11 is 1.47. The van der Waals surface area contributed by atoms with Crippen molar-refractivity contribution < 1.29 is 4.79 Å². The van der Waals surface area contributed by atoms with Gasteiger partial charge >= 0.3 is 6.03 Å². The maximum absolute atomic E-state index is 12.3. The summed E-state index contributed by atoms with van der Waals surface area (Å²) in [7, 11) is 0. The molecule has 118 valence electrons. The van der Waals surface area contributed by atoms with Gasteiger partial charge in [0.2, 0.25) is 0 Å². The second kappa shape index (κ2) is 6.04. The SMILES string of the molecule is Cc1nc([C@@H]2CCN(C(=O)Nc3nc(C(C)C)cs3)C2)n[nH]1. The van der Waals surface area contributed by atoms with Gasteiger partial charge in [0.15, 0.2) is 11.0 Å². The highest BCUT2D eigenvalue weighted by atomic mass is 32.1. The Bertz CT molecular complexity index is 664. The summed E-state index contributed by atoms with van der Waals surface area (Å²) in [5, 5.41) is 12.6. The van der Waals surface area contributed by atoms with E-state index in [0.29, 0.717) is 24.1 Å². The molecule has 0 aliphatic carbocycles. The highest BCUT2D eigenvalue weighted by Crippen LogP contribution is 2.26. The molecule has 0 saturated carbocycles. The molecule has 0 unspecified atom stereocenters. The van der Waals surface area contributed by atoms with Crippen LogP contribution in [0, 0.1) is 6.92 Å². The van der Waals surface area contributed by atoms with Gasteiger partial charge < -0.3 is 4.90 Å². The molecule has 0 aromatic carbocycles. The van der Waals surface area contributed by atoms with Crippen LogP contribution in [0.1, 0.15) is 49.4 Å². The fourth-order valence-corrected chi connectivity index (χ4v) is 3.34. The molecule has 2 N–H and O–H groups in total. The number of rotatable bonds is 3. The third-order valence-corrected chi connectivity index (χ3v) is 4.56. The van der Waals surface area contributed by atoms with Crippen LogP contribution in [0.4, 0.5) is 9.93 Å². The number of amides is 2. The van der Waals surface area contributed by atoms with E-state index in [-0.39, 0.29) is 11.9 Å². The molecule has 1 saturated heterocycles. The zero-order valence-corrected chi connectivity index (χ0v) is 13.8. The summed E-state index contributed by atoms with van der Waals surface area (Å²) in [6, 6.07) is -0.0978. The molecule has 7 nitrogen and oxygen atoms in total. The first-order chi connectivity index (χ1) is 10.5. The average molecular weight is 320 g/mol. The number of likely N-dealkylation sites (tertiary alicyclic amines) is 1. The number of H-pyrrole nitrogens is 1. The highest BCUT2D eigenvalue weighted by Gasteiger charge is 2.30. The van der Waals surface area contributed by atoms with Crippen molar-refractivity contribution in [1.29, 1.82) is 0 Å². The Morgan fingerprint density at radius 3 is 2.95 bits per heavy atom. The second-order valence-corrected chi connectivity index (χ2v) is 6.73. The first-order valence-corrected chi connectivity index (χ1v) is 8.31. The summed E-state index contributed by atoms with van der Waals surface area (Å²) in [4.78, 5) is 22.9. The first kappa shape index (κ1) is 15.0. The third kappa shape index (κ3) is 3.11. The van der Waals surface area contributed by atoms with Gasteiger partial charge in [-0.1, -0.05) is 13.8 Å². The van der Waals surface area contributed by atoms with Crippen LogP contribution < -0.4 is 5.32 Å². The summed E-state index contributed by atoms with van der Waals surface area (Å²) in [5.41, 5.74) is 1.01. The van der Waals surface area contributed by atoms with Crippen molar-refractivity contribution in [3.8, 4) is 0 Å². The Balaban J connectivity index is 1.59. The molecule has 22 heavy (non-hydrogen) atoms. The van der Waals surface area contributed by atoms with Gasteiger partial charge in [-0.25, -0.2) is 14.8 Å². The van der Waals surface area contributed by atoms with E-state index in [0.717, 1.165) is 23.8 Å². The lowest BCUT2D eigenvalue weighted by atomic mass is 10.1. The largest absolute Gasteiger partial charge is 0.324 e. The van der Waals surface area contributed by atoms with Crippen LogP contribution in [0.15, 0.2) is 5.38 Å². The molecule has 1 aliphatic rings. The van der Waals surface area contributed by atoms with E-state index in [4.69, 9.17) is 0 Å². The van der Waals surface area contributed by atoms with Crippen LogP contribution in [0.25, 0.3) is 0 Å². The lowest BCUT2D eigenvalue weighted by Crippen LogP contribution is -2.32. The molecular formula is C14H20N6OS. The number of anilines is 1. The zero-order valence-electron chi connectivity index (χ0n) is 13.0. The molecule has 0 spiro atoms. The van der Waals surface area contributed by atoms with Gasteiger partial charge in [0.05, 0.1) is 5.69 Å². The lowest BCUT2D eigenvalue weighted by molar-refractivity contribution is 0.222. The van der Waals surface area contributed by atoms with Gasteiger partial charge in [-0.2, -0.15) is 5.10 Å². The van der Waals surface area contributed by atoms with Gasteiger partial charge in [-0.05, 0) is 19.3 Å². The molecule has 3 heterocycles. The molecule has 2 aromatic heterocycles. The molecule has 0 radical (unpaired) electrons. The summed E-state index contributed by atoms with van der Waals surface area (Å²) < 4.78 is 0.